The van der Waals surface area contributed by atoms with Crippen LogP contribution in [0.3, 0.4) is 0 Å². The Hall–Kier alpha value is -1.80. The number of hydrogen-bond acceptors (Lipinski definition) is 5. The third kappa shape index (κ3) is 3.34. The molecule has 1 saturated heterocycles. The average Bonchev–Trinajstić information content (AvgIpc) is 3.06. The van der Waals surface area contributed by atoms with Gasteiger partial charge >= 0.3 is 0 Å². The van der Waals surface area contributed by atoms with Crippen LogP contribution >= 0.6 is 0 Å². The van der Waals surface area contributed by atoms with Crippen LogP contribution in [0.5, 0.6) is 0 Å². The fraction of sp³-hybridized carbons (Fsp3) is 0.562. The maximum atomic E-state index is 11.6. The molecule has 1 fully saturated rings. The highest BCUT2D eigenvalue weighted by Gasteiger charge is 2.28. The molecule has 0 radical (unpaired) electrons. The Morgan fingerprint density at radius 1 is 1.25 bits per heavy atom. The second-order valence-corrected chi connectivity index (χ2v) is 8.52. The van der Waals surface area contributed by atoms with Crippen molar-refractivity contribution in [3.8, 4) is 11.3 Å². The smallest absolute Gasteiger partial charge is 0.211 e. The van der Waals surface area contributed by atoms with Gasteiger partial charge in [-0.15, -0.1) is 0 Å². The summed E-state index contributed by atoms with van der Waals surface area (Å²) in [5, 5.41) is 4.41. The number of rotatable bonds is 4. The Labute approximate surface area is 142 Å². The first-order valence-electron chi connectivity index (χ1n) is 8.02. The summed E-state index contributed by atoms with van der Waals surface area (Å²) in [7, 11) is -1.17. The molecular weight excluding hydrogens is 326 g/mol. The fourth-order valence-corrected chi connectivity index (χ4v) is 4.21. The Balaban J connectivity index is 1.72. The normalized spacial score (nSPS) is 19.1. The molecule has 0 saturated carbocycles. The molecule has 0 amide bonds. The molecule has 2 aromatic heterocycles. The molecule has 24 heavy (non-hydrogen) atoms. The van der Waals surface area contributed by atoms with Crippen LogP contribution in [0.25, 0.3) is 11.3 Å². The van der Waals surface area contributed by atoms with Crippen molar-refractivity contribution in [2.24, 2.45) is 13.0 Å². The maximum Gasteiger partial charge on any atom is 0.211 e. The van der Waals surface area contributed by atoms with E-state index in [4.69, 9.17) is 0 Å². The second-order valence-electron chi connectivity index (χ2n) is 6.54. The Morgan fingerprint density at radius 2 is 2.00 bits per heavy atom. The molecule has 0 aromatic carbocycles. The van der Waals surface area contributed by atoms with Crippen LogP contribution < -0.4 is 0 Å². The van der Waals surface area contributed by atoms with Crippen LogP contribution in [0.2, 0.25) is 0 Å². The first kappa shape index (κ1) is 17.0. The predicted octanol–water partition coefficient (Wildman–Crippen LogP) is 1.32. The zero-order chi connectivity index (χ0) is 17.5. The van der Waals surface area contributed by atoms with Gasteiger partial charge in [-0.05, 0) is 32.6 Å². The van der Waals surface area contributed by atoms with Gasteiger partial charge in [0.15, 0.2) is 0 Å². The van der Waals surface area contributed by atoms with E-state index in [1.165, 1.54) is 6.26 Å². The summed E-state index contributed by atoms with van der Waals surface area (Å²) < 4.78 is 26.6. The summed E-state index contributed by atoms with van der Waals surface area (Å²) in [4.78, 5) is 9.08. The van der Waals surface area contributed by atoms with Gasteiger partial charge in [0, 0.05) is 37.6 Å². The van der Waals surface area contributed by atoms with E-state index in [2.05, 4.69) is 15.1 Å². The zero-order valence-electron chi connectivity index (χ0n) is 14.5. The molecule has 7 nitrogen and oxygen atoms in total. The molecule has 0 aliphatic carbocycles. The molecule has 1 atom stereocenters. The minimum absolute atomic E-state index is 0.307. The maximum absolute atomic E-state index is 11.6. The molecule has 8 heteroatoms. The lowest BCUT2D eigenvalue weighted by Crippen LogP contribution is -2.27. The van der Waals surface area contributed by atoms with Crippen LogP contribution in [0.1, 0.15) is 23.5 Å². The largest absolute Gasteiger partial charge is 0.272 e. The van der Waals surface area contributed by atoms with Gasteiger partial charge in [-0.1, -0.05) is 0 Å². The van der Waals surface area contributed by atoms with Crippen LogP contribution in [0.4, 0.5) is 0 Å². The van der Waals surface area contributed by atoms with Crippen LogP contribution in [-0.4, -0.2) is 51.8 Å². The van der Waals surface area contributed by atoms with Crippen LogP contribution in [0.15, 0.2) is 12.4 Å². The molecule has 1 aliphatic rings. The van der Waals surface area contributed by atoms with E-state index in [0.29, 0.717) is 19.0 Å². The SMILES string of the molecule is Cc1nn(C)c(C)c1-c1cnc(CC2CCN(S(C)(=O)=O)C2)cn1. The van der Waals surface area contributed by atoms with Gasteiger partial charge in [-0.25, -0.2) is 12.7 Å². The number of nitrogens with zero attached hydrogens (tertiary/aromatic N) is 5. The van der Waals surface area contributed by atoms with E-state index >= 15 is 0 Å². The van der Waals surface area contributed by atoms with E-state index in [9.17, 15) is 8.42 Å². The molecule has 3 heterocycles. The summed E-state index contributed by atoms with van der Waals surface area (Å²) in [6.07, 6.45) is 6.48. The molecular formula is C16H23N5O2S. The minimum atomic E-state index is -3.09. The van der Waals surface area contributed by atoms with E-state index < -0.39 is 10.0 Å². The highest BCUT2D eigenvalue weighted by molar-refractivity contribution is 7.88. The first-order chi connectivity index (χ1) is 11.3. The molecule has 1 unspecified atom stereocenters. The molecule has 3 rings (SSSR count). The lowest BCUT2D eigenvalue weighted by molar-refractivity contribution is 0.459. The van der Waals surface area contributed by atoms with Gasteiger partial charge in [-0.2, -0.15) is 5.10 Å². The minimum Gasteiger partial charge on any atom is -0.272 e. The number of hydrogen-bond donors (Lipinski definition) is 0. The second kappa shape index (κ2) is 6.25. The van der Waals surface area contributed by atoms with Crippen molar-refractivity contribution >= 4 is 10.0 Å². The molecule has 2 aromatic rings. The van der Waals surface area contributed by atoms with Crippen LogP contribution in [0, 0.1) is 19.8 Å². The lowest BCUT2D eigenvalue weighted by atomic mass is 10.0. The summed E-state index contributed by atoms with van der Waals surface area (Å²) in [6, 6.07) is 0. The first-order valence-corrected chi connectivity index (χ1v) is 9.87. The van der Waals surface area contributed by atoms with Gasteiger partial charge in [0.1, 0.15) is 0 Å². The third-order valence-corrected chi connectivity index (χ3v) is 5.96. The van der Waals surface area contributed by atoms with Gasteiger partial charge in [-0.3, -0.25) is 14.6 Å². The highest BCUT2D eigenvalue weighted by Crippen LogP contribution is 2.25. The third-order valence-electron chi connectivity index (χ3n) is 4.69. The van der Waals surface area contributed by atoms with Gasteiger partial charge in [0.05, 0.1) is 29.5 Å². The van der Waals surface area contributed by atoms with Crippen molar-refractivity contribution < 1.29 is 8.42 Å². The number of aromatic nitrogens is 4. The van der Waals surface area contributed by atoms with Gasteiger partial charge in [0.2, 0.25) is 10.0 Å². The topological polar surface area (TPSA) is 81.0 Å². The number of aryl methyl sites for hydroxylation is 2. The molecule has 0 N–H and O–H groups in total. The summed E-state index contributed by atoms with van der Waals surface area (Å²) >= 11 is 0. The Morgan fingerprint density at radius 3 is 2.50 bits per heavy atom. The van der Waals surface area contributed by atoms with Crippen molar-refractivity contribution in [3.63, 3.8) is 0 Å². The summed E-state index contributed by atoms with van der Waals surface area (Å²) in [5.74, 6) is 0.307. The Bertz CT molecular complexity index is 842. The van der Waals surface area contributed by atoms with E-state index in [1.807, 2.05) is 25.6 Å². The number of sulfonamides is 1. The summed E-state index contributed by atoms with van der Waals surface area (Å²) in [6.45, 7) is 5.16. The van der Waals surface area contributed by atoms with Crippen molar-refractivity contribution in [3.05, 3.63) is 29.5 Å². The summed E-state index contributed by atoms with van der Waals surface area (Å²) in [5.41, 5.74) is 4.76. The van der Waals surface area contributed by atoms with Crippen molar-refractivity contribution in [1.82, 2.24) is 24.1 Å². The van der Waals surface area contributed by atoms with E-state index in [0.717, 1.165) is 41.2 Å². The predicted molar refractivity (Wildman–Crippen MR) is 91.9 cm³/mol. The lowest BCUT2D eigenvalue weighted by Gasteiger charge is -2.13. The van der Waals surface area contributed by atoms with Crippen LogP contribution in [-0.2, 0) is 23.5 Å². The van der Waals surface area contributed by atoms with E-state index in [-0.39, 0.29) is 0 Å². The van der Waals surface area contributed by atoms with Gasteiger partial charge in [0.25, 0.3) is 0 Å². The highest BCUT2D eigenvalue weighted by atomic mass is 32.2. The quantitative estimate of drug-likeness (QED) is 0.831. The van der Waals surface area contributed by atoms with Crippen molar-refractivity contribution in [2.45, 2.75) is 26.7 Å². The molecule has 1 aliphatic heterocycles. The molecule has 0 bridgehead atoms. The van der Waals surface area contributed by atoms with Crippen molar-refractivity contribution in [1.29, 1.82) is 0 Å². The Kier molecular flexibility index (Phi) is 4.44. The van der Waals surface area contributed by atoms with E-state index in [1.54, 1.807) is 16.7 Å². The molecule has 130 valence electrons. The van der Waals surface area contributed by atoms with Gasteiger partial charge < -0.3 is 0 Å². The standard InChI is InChI=1S/C16H23N5O2S/c1-11-16(12(2)20(3)19-11)15-9-17-14(8-18-15)7-13-5-6-21(10-13)24(4,22)23/h8-9,13H,5-7,10H2,1-4H3. The zero-order valence-corrected chi connectivity index (χ0v) is 15.3. The molecule has 0 spiro atoms. The van der Waals surface area contributed by atoms with Crippen molar-refractivity contribution in [2.75, 3.05) is 19.3 Å². The average molecular weight is 349 g/mol. The monoisotopic (exact) mass is 349 g/mol. The fourth-order valence-electron chi connectivity index (χ4n) is 3.29.